The molecule has 0 saturated carbocycles. The highest BCUT2D eigenvalue weighted by Gasteiger charge is 2.13. The standard InChI is InChI=1S/C15H10ClIN4/c16-10-6-7-11(19-8-10)15-20-13(12(17)14(18)21-15)9-4-2-1-3-5-9/h1-8H,(H2,18,20,21). The molecule has 4 nitrogen and oxygen atoms in total. The molecule has 0 aliphatic rings. The normalized spacial score (nSPS) is 10.6. The maximum absolute atomic E-state index is 6.01. The number of pyridine rings is 1. The number of nitrogens with zero attached hydrogens (tertiary/aromatic N) is 3. The summed E-state index contributed by atoms with van der Waals surface area (Å²) in [5.41, 5.74) is 8.45. The summed E-state index contributed by atoms with van der Waals surface area (Å²) in [6.45, 7) is 0. The lowest BCUT2D eigenvalue weighted by atomic mass is 10.1. The van der Waals surface area contributed by atoms with Crippen LogP contribution >= 0.6 is 34.2 Å². The van der Waals surface area contributed by atoms with E-state index in [-0.39, 0.29) is 0 Å². The van der Waals surface area contributed by atoms with Crippen molar-refractivity contribution in [2.45, 2.75) is 0 Å². The van der Waals surface area contributed by atoms with Crippen LogP contribution in [0.5, 0.6) is 0 Å². The first-order chi connectivity index (χ1) is 10.1. The van der Waals surface area contributed by atoms with Crippen molar-refractivity contribution in [3.8, 4) is 22.8 Å². The van der Waals surface area contributed by atoms with Gasteiger partial charge >= 0.3 is 0 Å². The van der Waals surface area contributed by atoms with Gasteiger partial charge in [-0.1, -0.05) is 41.9 Å². The number of nitrogen functional groups attached to an aromatic ring is 1. The Labute approximate surface area is 140 Å². The van der Waals surface area contributed by atoms with Crippen LogP contribution in [-0.4, -0.2) is 15.0 Å². The SMILES string of the molecule is Nc1nc(-c2ccc(Cl)cn2)nc(-c2ccccc2)c1I. The van der Waals surface area contributed by atoms with Gasteiger partial charge in [0, 0.05) is 11.8 Å². The second-order valence-corrected chi connectivity index (χ2v) is 5.84. The Morgan fingerprint density at radius 1 is 1.00 bits per heavy atom. The third-order valence-corrected chi connectivity index (χ3v) is 4.17. The molecule has 0 radical (unpaired) electrons. The lowest BCUT2D eigenvalue weighted by Gasteiger charge is -2.09. The summed E-state index contributed by atoms with van der Waals surface area (Å²) in [5, 5.41) is 0.570. The van der Waals surface area contributed by atoms with E-state index in [0.29, 0.717) is 22.4 Å². The van der Waals surface area contributed by atoms with Crippen LogP contribution in [0.2, 0.25) is 5.02 Å². The summed E-state index contributed by atoms with van der Waals surface area (Å²) in [5.74, 6) is 0.930. The molecule has 0 aliphatic heterocycles. The maximum atomic E-state index is 6.01. The molecule has 104 valence electrons. The molecule has 0 fully saturated rings. The molecule has 0 amide bonds. The Morgan fingerprint density at radius 2 is 1.76 bits per heavy atom. The third kappa shape index (κ3) is 2.98. The molecule has 2 heterocycles. The highest BCUT2D eigenvalue weighted by molar-refractivity contribution is 14.1. The van der Waals surface area contributed by atoms with Crippen molar-refractivity contribution in [2.24, 2.45) is 0 Å². The summed E-state index contributed by atoms with van der Waals surface area (Å²) in [6, 6.07) is 13.4. The van der Waals surface area contributed by atoms with Gasteiger partial charge in [0.05, 0.1) is 14.3 Å². The molecule has 2 aromatic heterocycles. The number of benzene rings is 1. The molecule has 0 saturated heterocycles. The van der Waals surface area contributed by atoms with Crippen molar-refractivity contribution in [3.63, 3.8) is 0 Å². The number of halogens is 2. The molecular formula is C15H10ClIN4. The summed E-state index contributed by atoms with van der Waals surface area (Å²) in [7, 11) is 0. The number of aromatic nitrogens is 3. The second kappa shape index (κ2) is 5.95. The quantitative estimate of drug-likeness (QED) is 0.650. The number of rotatable bonds is 2. The minimum Gasteiger partial charge on any atom is -0.383 e. The van der Waals surface area contributed by atoms with E-state index in [9.17, 15) is 0 Å². The average Bonchev–Trinajstić information content (AvgIpc) is 2.51. The van der Waals surface area contributed by atoms with E-state index in [4.69, 9.17) is 17.3 Å². The highest BCUT2D eigenvalue weighted by Crippen LogP contribution is 2.28. The van der Waals surface area contributed by atoms with Crippen LogP contribution in [0, 0.1) is 3.57 Å². The van der Waals surface area contributed by atoms with Crippen molar-refractivity contribution >= 4 is 40.0 Å². The van der Waals surface area contributed by atoms with E-state index in [1.165, 1.54) is 0 Å². The smallest absolute Gasteiger partial charge is 0.180 e. The average molecular weight is 409 g/mol. The van der Waals surface area contributed by atoms with Crippen molar-refractivity contribution in [1.82, 2.24) is 15.0 Å². The molecule has 2 N–H and O–H groups in total. The van der Waals surface area contributed by atoms with Crippen LogP contribution in [0.15, 0.2) is 48.7 Å². The van der Waals surface area contributed by atoms with Gasteiger partial charge in [0.25, 0.3) is 0 Å². The van der Waals surface area contributed by atoms with Crippen LogP contribution in [0.1, 0.15) is 0 Å². The first-order valence-electron chi connectivity index (χ1n) is 6.15. The van der Waals surface area contributed by atoms with Gasteiger partial charge in [0.1, 0.15) is 11.5 Å². The van der Waals surface area contributed by atoms with Gasteiger partial charge in [-0.2, -0.15) is 0 Å². The zero-order chi connectivity index (χ0) is 14.8. The predicted octanol–water partition coefficient (Wildman–Crippen LogP) is 4.05. The molecule has 6 heteroatoms. The zero-order valence-electron chi connectivity index (χ0n) is 10.8. The first-order valence-corrected chi connectivity index (χ1v) is 7.61. The lowest BCUT2D eigenvalue weighted by molar-refractivity contribution is 1.14. The highest BCUT2D eigenvalue weighted by atomic mass is 127. The van der Waals surface area contributed by atoms with Crippen molar-refractivity contribution in [1.29, 1.82) is 0 Å². The zero-order valence-corrected chi connectivity index (χ0v) is 13.7. The van der Waals surface area contributed by atoms with E-state index in [1.54, 1.807) is 18.3 Å². The van der Waals surface area contributed by atoms with E-state index in [2.05, 4.69) is 37.5 Å². The van der Waals surface area contributed by atoms with Crippen molar-refractivity contribution < 1.29 is 0 Å². The summed E-state index contributed by atoms with van der Waals surface area (Å²) in [6.07, 6.45) is 1.57. The number of hydrogen-bond acceptors (Lipinski definition) is 4. The third-order valence-electron chi connectivity index (χ3n) is 2.88. The number of anilines is 1. The van der Waals surface area contributed by atoms with Gasteiger partial charge in [-0.05, 0) is 34.7 Å². The van der Waals surface area contributed by atoms with Gasteiger partial charge in [-0.15, -0.1) is 0 Å². The predicted molar refractivity (Wildman–Crippen MR) is 92.8 cm³/mol. The molecule has 0 bridgehead atoms. The Balaban J connectivity index is 2.16. The van der Waals surface area contributed by atoms with E-state index >= 15 is 0 Å². The molecule has 0 unspecified atom stereocenters. The first kappa shape index (κ1) is 14.2. The van der Waals surface area contributed by atoms with Crippen LogP contribution < -0.4 is 5.73 Å². The van der Waals surface area contributed by atoms with Gasteiger partial charge in [0.15, 0.2) is 5.82 Å². The Morgan fingerprint density at radius 3 is 2.43 bits per heavy atom. The second-order valence-electron chi connectivity index (χ2n) is 4.32. The summed E-state index contributed by atoms with van der Waals surface area (Å²) >= 11 is 8.01. The molecule has 0 atom stereocenters. The van der Waals surface area contributed by atoms with E-state index in [1.807, 2.05) is 30.3 Å². The molecule has 3 aromatic rings. The minimum absolute atomic E-state index is 0.441. The van der Waals surface area contributed by atoms with Gasteiger partial charge in [-0.25, -0.2) is 9.97 Å². The van der Waals surface area contributed by atoms with Crippen molar-refractivity contribution in [2.75, 3.05) is 5.73 Å². The Bertz CT molecular complexity index is 776. The topological polar surface area (TPSA) is 64.7 Å². The van der Waals surface area contributed by atoms with E-state index in [0.717, 1.165) is 14.8 Å². The fourth-order valence-electron chi connectivity index (χ4n) is 1.87. The van der Waals surface area contributed by atoms with Crippen LogP contribution in [0.3, 0.4) is 0 Å². The summed E-state index contributed by atoms with van der Waals surface area (Å²) in [4.78, 5) is 13.2. The minimum atomic E-state index is 0.441. The molecule has 21 heavy (non-hydrogen) atoms. The molecule has 0 spiro atoms. The number of hydrogen-bond donors (Lipinski definition) is 1. The maximum Gasteiger partial charge on any atom is 0.180 e. The largest absolute Gasteiger partial charge is 0.383 e. The van der Waals surface area contributed by atoms with Crippen molar-refractivity contribution in [3.05, 3.63) is 57.3 Å². The fourth-order valence-corrected chi connectivity index (χ4v) is 2.54. The molecule has 1 aromatic carbocycles. The molecule has 3 rings (SSSR count). The van der Waals surface area contributed by atoms with Crippen LogP contribution in [0.4, 0.5) is 5.82 Å². The number of nitrogens with two attached hydrogens (primary N) is 1. The van der Waals surface area contributed by atoms with Crippen LogP contribution in [-0.2, 0) is 0 Å². The van der Waals surface area contributed by atoms with Gasteiger partial charge in [0.2, 0.25) is 0 Å². The lowest BCUT2D eigenvalue weighted by Crippen LogP contribution is -2.03. The summed E-state index contributed by atoms with van der Waals surface area (Å²) < 4.78 is 0.830. The van der Waals surface area contributed by atoms with Gasteiger partial charge < -0.3 is 5.73 Å². The van der Waals surface area contributed by atoms with Gasteiger partial charge in [-0.3, -0.25) is 4.98 Å². The molecule has 0 aliphatic carbocycles. The molecular weight excluding hydrogens is 399 g/mol. The fraction of sp³-hybridized carbons (Fsp3) is 0. The Hall–Kier alpha value is -1.73. The Kier molecular flexibility index (Phi) is 4.03. The van der Waals surface area contributed by atoms with Crippen LogP contribution in [0.25, 0.3) is 22.8 Å². The monoisotopic (exact) mass is 408 g/mol. The van der Waals surface area contributed by atoms with E-state index < -0.39 is 0 Å².